The van der Waals surface area contributed by atoms with Crippen LogP contribution in [0.1, 0.15) is 24.0 Å². The van der Waals surface area contributed by atoms with Crippen molar-refractivity contribution in [2.45, 2.75) is 31.7 Å². The molecule has 1 aromatic carbocycles. The van der Waals surface area contributed by atoms with Crippen molar-refractivity contribution in [1.82, 2.24) is 5.32 Å². The fourth-order valence-corrected chi connectivity index (χ4v) is 3.03. The van der Waals surface area contributed by atoms with Crippen molar-refractivity contribution in [3.05, 3.63) is 33.8 Å². The van der Waals surface area contributed by atoms with Gasteiger partial charge in [-0.2, -0.15) is 0 Å². The van der Waals surface area contributed by atoms with Crippen molar-refractivity contribution < 1.29 is 14.6 Å². The molecule has 1 aromatic rings. The lowest BCUT2D eigenvalue weighted by Gasteiger charge is -2.36. The lowest BCUT2D eigenvalue weighted by atomic mass is 9.90. The van der Waals surface area contributed by atoms with Gasteiger partial charge in [-0.3, -0.25) is 4.79 Å². The van der Waals surface area contributed by atoms with E-state index < -0.39 is 5.54 Å². The van der Waals surface area contributed by atoms with E-state index in [-0.39, 0.29) is 12.5 Å². The molecule has 0 radical (unpaired) electrons. The van der Waals surface area contributed by atoms with E-state index >= 15 is 0 Å². The molecule has 1 amide bonds. The van der Waals surface area contributed by atoms with Gasteiger partial charge in [-0.05, 0) is 37.0 Å². The Morgan fingerprint density at radius 1 is 1.45 bits per heavy atom. The van der Waals surface area contributed by atoms with Gasteiger partial charge in [0.05, 0.1) is 18.6 Å². The minimum atomic E-state index is -0.521. The van der Waals surface area contributed by atoms with E-state index in [1.165, 1.54) is 0 Å². The number of aliphatic hydroxyl groups is 1. The van der Waals surface area contributed by atoms with Crippen LogP contribution < -0.4 is 5.32 Å². The van der Waals surface area contributed by atoms with Crippen LogP contribution in [0.2, 0.25) is 0 Å². The number of hydrogen-bond donors (Lipinski definition) is 2. The summed E-state index contributed by atoms with van der Waals surface area (Å²) >= 11 is 3.48. The average molecular weight is 342 g/mol. The summed E-state index contributed by atoms with van der Waals surface area (Å²) in [6.07, 6.45) is 1.62. The predicted molar refractivity (Wildman–Crippen MR) is 80.6 cm³/mol. The maximum Gasteiger partial charge on any atom is 0.224 e. The van der Waals surface area contributed by atoms with Crippen LogP contribution in [0.15, 0.2) is 22.7 Å². The van der Waals surface area contributed by atoms with Crippen LogP contribution in [0, 0.1) is 6.92 Å². The van der Waals surface area contributed by atoms with Crippen molar-refractivity contribution in [2.24, 2.45) is 0 Å². The number of amides is 1. The normalized spacial score (nSPS) is 17.8. The Balaban J connectivity index is 2.00. The average Bonchev–Trinajstić information content (AvgIpc) is 2.43. The molecule has 0 unspecified atom stereocenters. The van der Waals surface area contributed by atoms with Gasteiger partial charge in [0.1, 0.15) is 0 Å². The van der Waals surface area contributed by atoms with Gasteiger partial charge < -0.3 is 15.2 Å². The molecule has 0 aromatic heterocycles. The highest BCUT2D eigenvalue weighted by atomic mass is 79.9. The second-order valence-corrected chi connectivity index (χ2v) is 6.22. The summed E-state index contributed by atoms with van der Waals surface area (Å²) in [5, 5.41) is 12.6. The van der Waals surface area contributed by atoms with Gasteiger partial charge in [0, 0.05) is 17.7 Å². The number of nitrogens with one attached hydrogen (secondary N) is 1. The minimum Gasteiger partial charge on any atom is -0.394 e. The Morgan fingerprint density at radius 2 is 2.15 bits per heavy atom. The molecule has 0 spiro atoms. The minimum absolute atomic E-state index is 0.0445. The Kier molecular flexibility index (Phi) is 5.18. The predicted octanol–water partition coefficient (Wildman–Crippen LogP) is 1.96. The Labute approximate surface area is 127 Å². The zero-order valence-corrected chi connectivity index (χ0v) is 13.2. The van der Waals surface area contributed by atoms with E-state index in [1.807, 2.05) is 25.1 Å². The van der Waals surface area contributed by atoms with Gasteiger partial charge in [0.25, 0.3) is 0 Å². The van der Waals surface area contributed by atoms with Gasteiger partial charge >= 0.3 is 0 Å². The summed E-state index contributed by atoms with van der Waals surface area (Å²) < 4.78 is 6.23. The van der Waals surface area contributed by atoms with Gasteiger partial charge in [0.2, 0.25) is 5.91 Å². The molecule has 1 aliphatic rings. The molecule has 5 heteroatoms. The van der Waals surface area contributed by atoms with Crippen LogP contribution in [-0.4, -0.2) is 36.4 Å². The quantitative estimate of drug-likeness (QED) is 0.880. The summed E-state index contributed by atoms with van der Waals surface area (Å²) in [5.41, 5.74) is 1.58. The van der Waals surface area contributed by atoms with Crippen LogP contribution in [-0.2, 0) is 16.0 Å². The number of carbonyl (C=O) groups is 1. The number of hydrogen-bond acceptors (Lipinski definition) is 3. The van der Waals surface area contributed by atoms with Crippen LogP contribution in [0.5, 0.6) is 0 Å². The topological polar surface area (TPSA) is 58.6 Å². The molecule has 0 bridgehead atoms. The summed E-state index contributed by atoms with van der Waals surface area (Å²) in [6, 6.07) is 5.94. The van der Waals surface area contributed by atoms with E-state index in [1.54, 1.807) is 0 Å². The van der Waals surface area contributed by atoms with E-state index in [2.05, 4.69) is 21.2 Å². The zero-order chi connectivity index (χ0) is 14.6. The molecule has 0 aliphatic carbocycles. The number of carbonyl (C=O) groups excluding carboxylic acids is 1. The van der Waals surface area contributed by atoms with Crippen molar-refractivity contribution >= 4 is 21.8 Å². The van der Waals surface area contributed by atoms with E-state index in [9.17, 15) is 9.90 Å². The first-order chi connectivity index (χ1) is 9.54. The highest BCUT2D eigenvalue weighted by molar-refractivity contribution is 9.10. The van der Waals surface area contributed by atoms with E-state index in [4.69, 9.17) is 4.74 Å². The van der Waals surface area contributed by atoms with Crippen molar-refractivity contribution in [3.63, 3.8) is 0 Å². The maximum absolute atomic E-state index is 12.2. The second kappa shape index (κ2) is 6.70. The lowest BCUT2D eigenvalue weighted by Crippen LogP contribution is -2.55. The fraction of sp³-hybridized carbons (Fsp3) is 0.533. The molecule has 1 aliphatic heterocycles. The molecule has 2 rings (SSSR count). The van der Waals surface area contributed by atoms with Crippen LogP contribution in [0.3, 0.4) is 0 Å². The highest BCUT2D eigenvalue weighted by Crippen LogP contribution is 2.22. The first kappa shape index (κ1) is 15.5. The molecule has 1 heterocycles. The summed E-state index contributed by atoms with van der Waals surface area (Å²) in [6.45, 7) is 3.12. The Hall–Kier alpha value is -0.910. The lowest BCUT2D eigenvalue weighted by molar-refractivity contribution is -0.124. The highest BCUT2D eigenvalue weighted by Gasteiger charge is 2.33. The summed E-state index contributed by atoms with van der Waals surface area (Å²) in [4.78, 5) is 12.2. The second-order valence-electron chi connectivity index (χ2n) is 5.37. The number of aliphatic hydroxyl groups excluding tert-OH is 1. The van der Waals surface area contributed by atoms with Crippen LogP contribution in [0.4, 0.5) is 0 Å². The van der Waals surface area contributed by atoms with Crippen LogP contribution in [0.25, 0.3) is 0 Å². The maximum atomic E-state index is 12.2. The van der Waals surface area contributed by atoms with Crippen molar-refractivity contribution in [2.75, 3.05) is 19.8 Å². The molecule has 110 valence electrons. The van der Waals surface area contributed by atoms with E-state index in [0.29, 0.717) is 32.5 Å². The third kappa shape index (κ3) is 3.81. The van der Waals surface area contributed by atoms with Gasteiger partial charge in [-0.1, -0.05) is 28.1 Å². The number of aryl methyl sites for hydroxylation is 1. The molecular formula is C15H20BrNO3. The number of rotatable bonds is 4. The Bertz CT molecular complexity index is 484. The largest absolute Gasteiger partial charge is 0.394 e. The number of benzene rings is 1. The van der Waals surface area contributed by atoms with Gasteiger partial charge in [-0.25, -0.2) is 0 Å². The van der Waals surface area contributed by atoms with Crippen LogP contribution >= 0.6 is 15.9 Å². The first-order valence-electron chi connectivity index (χ1n) is 6.79. The standard InChI is InChI=1S/C15H20BrNO3/c1-11-2-3-12(13(16)8-11)9-14(19)17-15(10-18)4-6-20-7-5-15/h2-3,8,18H,4-7,9-10H2,1H3,(H,17,19). The summed E-state index contributed by atoms with van der Waals surface area (Å²) in [7, 11) is 0. The SMILES string of the molecule is Cc1ccc(CC(=O)NC2(CO)CCOCC2)c(Br)c1. The fourth-order valence-electron chi connectivity index (χ4n) is 2.39. The summed E-state index contributed by atoms with van der Waals surface area (Å²) in [5.74, 6) is -0.0643. The number of halogens is 1. The molecule has 2 N–H and O–H groups in total. The molecule has 20 heavy (non-hydrogen) atoms. The molecule has 1 saturated heterocycles. The molecule has 4 nitrogen and oxygen atoms in total. The Morgan fingerprint density at radius 3 is 2.75 bits per heavy atom. The van der Waals surface area contributed by atoms with E-state index in [0.717, 1.165) is 15.6 Å². The molecule has 0 atom stereocenters. The third-order valence-corrected chi connectivity index (χ3v) is 4.45. The first-order valence-corrected chi connectivity index (χ1v) is 7.59. The van der Waals surface area contributed by atoms with Crippen molar-refractivity contribution in [3.8, 4) is 0 Å². The van der Waals surface area contributed by atoms with Gasteiger partial charge in [0.15, 0.2) is 0 Å². The van der Waals surface area contributed by atoms with Crippen molar-refractivity contribution in [1.29, 1.82) is 0 Å². The third-order valence-electron chi connectivity index (χ3n) is 3.72. The molecular weight excluding hydrogens is 322 g/mol. The molecule has 1 fully saturated rings. The smallest absolute Gasteiger partial charge is 0.224 e. The molecule has 0 saturated carbocycles. The zero-order valence-electron chi connectivity index (χ0n) is 11.6. The number of ether oxygens (including phenoxy) is 1. The van der Waals surface area contributed by atoms with Gasteiger partial charge in [-0.15, -0.1) is 0 Å². The monoisotopic (exact) mass is 341 g/mol.